The van der Waals surface area contributed by atoms with Crippen LogP contribution in [0.15, 0.2) is 90.0 Å². The van der Waals surface area contributed by atoms with Crippen molar-refractivity contribution >= 4 is 38.2 Å². The summed E-state index contributed by atoms with van der Waals surface area (Å²) in [4.78, 5) is 16.7. The molecule has 0 bridgehead atoms. The Morgan fingerprint density at radius 3 is 2.47 bits per heavy atom. The van der Waals surface area contributed by atoms with Gasteiger partial charge in [0.15, 0.2) is 0 Å². The summed E-state index contributed by atoms with van der Waals surface area (Å²) in [6, 6.07) is 20.1. The molecule has 6 nitrogen and oxygen atoms in total. The first kappa shape index (κ1) is 19.5. The zero-order valence-corrected chi connectivity index (χ0v) is 16.4. The Labute approximate surface area is 172 Å². The molecule has 1 aromatic heterocycles. The Balaban J connectivity index is 1.62. The standard InChI is InChI=1S/C22H16FN3O3S/c23-19-11-5-10-18-20(12-13-24-21(18)19)25-22(27)15-6-4-9-17(14-15)30(28,29)26-16-7-2-1-3-8-16/h1-14,26H,(H,24,25,27). The van der Waals surface area contributed by atoms with E-state index < -0.39 is 21.7 Å². The molecule has 2 N–H and O–H groups in total. The van der Waals surface area contributed by atoms with Crippen LogP contribution in [0.1, 0.15) is 10.4 Å². The number of nitrogens with one attached hydrogen (secondary N) is 2. The SMILES string of the molecule is O=C(Nc1ccnc2c(F)cccc12)c1cccc(S(=O)(=O)Nc2ccccc2)c1. The summed E-state index contributed by atoms with van der Waals surface area (Å²) in [6.45, 7) is 0. The van der Waals surface area contributed by atoms with Crippen LogP contribution in [-0.2, 0) is 10.0 Å². The van der Waals surface area contributed by atoms with Gasteiger partial charge in [-0.1, -0.05) is 36.4 Å². The molecule has 8 heteroatoms. The van der Waals surface area contributed by atoms with Gasteiger partial charge in [-0.05, 0) is 42.5 Å². The molecule has 4 aromatic rings. The van der Waals surface area contributed by atoms with E-state index >= 15 is 0 Å². The first-order valence-electron chi connectivity index (χ1n) is 8.96. The fraction of sp³-hybridized carbons (Fsp3) is 0. The van der Waals surface area contributed by atoms with Crippen LogP contribution in [0.3, 0.4) is 0 Å². The van der Waals surface area contributed by atoms with Gasteiger partial charge in [-0.15, -0.1) is 0 Å². The second-order valence-electron chi connectivity index (χ2n) is 6.45. The van der Waals surface area contributed by atoms with Crippen molar-refractivity contribution in [2.45, 2.75) is 4.90 Å². The molecule has 4 rings (SSSR count). The van der Waals surface area contributed by atoms with Crippen molar-refractivity contribution in [1.82, 2.24) is 4.98 Å². The summed E-state index contributed by atoms with van der Waals surface area (Å²) >= 11 is 0. The van der Waals surface area contributed by atoms with Crippen LogP contribution >= 0.6 is 0 Å². The van der Waals surface area contributed by atoms with E-state index in [4.69, 9.17) is 0 Å². The van der Waals surface area contributed by atoms with Gasteiger partial charge in [-0.3, -0.25) is 14.5 Å². The Hall–Kier alpha value is -3.78. The van der Waals surface area contributed by atoms with Gasteiger partial charge in [0.1, 0.15) is 11.3 Å². The third kappa shape index (κ3) is 3.99. The van der Waals surface area contributed by atoms with Crippen molar-refractivity contribution in [2.75, 3.05) is 10.0 Å². The number of sulfonamides is 1. The highest BCUT2D eigenvalue weighted by Crippen LogP contribution is 2.24. The molecule has 150 valence electrons. The van der Waals surface area contributed by atoms with Crippen LogP contribution in [0.25, 0.3) is 10.9 Å². The maximum absolute atomic E-state index is 13.9. The van der Waals surface area contributed by atoms with Gasteiger partial charge in [0.2, 0.25) is 0 Å². The summed E-state index contributed by atoms with van der Waals surface area (Å²) in [7, 11) is -3.87. The lowest BCUT2D eigenvalue weighted by atomic mass is 10.1. The second-order valence-corrected chi connectivity index (χ2v) is 8.13. The molecule has 0 unspecified atom stereocenters. The molecule has 3 aromatic carbocycles. The monoisotopic (exact) mass is 421 g/mol. The number of benzene rings is 3. The number of pyridine rings is 1. The molecule has 0 fully saturated rings. The topological polar surface area (TPSA) is 88.2 Å². The zero-order valence-electron chi connectivity index (χ0n) is 15.5. The van der Waals surface area contributed by atoms with Crippen LogP contribution in [-0.4, -0.2) is 19.3 Å². The average Bonchev–Trinajstić information content (AvgIpc) is 2.75. The summed E-state index contributed by atoms with van der Waals surface area (Å²) in [6.07, 6.45) is 1.39. The Morgan fingerprint density at radius 1 is 0.900 bits per heavy atom. The number of halogens is 1. The lowest BCUT2D eigenvalue weighted by Crippen LogP contribution is -2.16. The van der Waals surface area contributed by atoms with Crippen LogP contribution < -0.4 is 10.0 Å². The minimum atomic E-state index is -3.87. The highest BCUT2D eigenvalue weighted by atomic mass is 32.2. The summed E-state index contributed by atoms with van der Waals surface area (Å²) < 4.78 is 41.7. The number of aromatic nitrogens is 1. The maximum atomic E-state index is 13.9. The van der Waals surface area contributed by atoms with Gasteiger partial charge in [0.25, 0.3) is 15.9 Å². The lowest BCUT2D eigenvalue weighted by Gasteiger charge is -2.11. The second kappa shape index (κ2) is 7.92. The first-order chi connectivity index (χ1) is 14.4. The largest absolute Gasteiger partial charge is 0.321 e. The summed E-state index contributed by atoms with van der Waals surface area (Å²) in [5, 5.41) is 3.14. The number of carbonyl (C=O) groups is 1. The quantitative estimate of drug-likeness (QED) is 0.499. The van der Waals surface area contributed by atoms with E-state index in [0.717, 1.165) is 0 Å². The van der Waals surface area contributed by atoms with E-state index in [2.05, 4.69) is 15.0 Å². The van der Waals surface area contributed by atoms with Gasteiger partial charge < -0.3 is 5.32 Å². The van der Waals surface area contributed by atoms with Crippen molar-refractivity contribution in [2.24, 2.45) is 0 Å². The first-order valence-corrected chi connectivity index (χ1v) is 10.4. The van der Waals surface area contributed by atoms with Gasteiger partial charge in [0, 0.05) is 22.8 Å². The van der Waals surface area contributed by atoms with Crippen LogP contribution in [0.4, 0.5) is 15.8 Å². The number of para-hydroxylation sites is 2. The molecule has 30 heavy (non-hydrogen) atoms. The number of amides is 1. The predicted molar refractivity (Wildman–Crippen MR) is 113 cm³/mol. The average molecular weight is 421 g/mol. The molecule has 0 aliphatic heterocycles. The van der Waals surface area contributed by atoms with Gasteiger partial charge in [-0.25, -0.2) is 12.8 Å². The normalized spacial score (nSPS) is 11.2. The molecular weight excluding hydrogens is 405 g/mol. The number of nitrogens with zero attached hydrogens (tertiary/aromatic N) is 1. The number of fused-ring (bicyclic) bond motifs is 1. The Bertz CT molecular complexity index is 1340. The van der Waals surface area contributed by atoms with Crippen molar-refractivity contribution in [1.29, 1.82) is 0 Å². The predicted octanol–water partition coefficient (Wildman–Crippen LogP) is 4.43. The van der Waals surface area contributed by atoms with Crippen LogP contribution in [0.2, 0.25) is 0 Å². The number of hydrogen-bond donors (Lipinski definition) is 2. The highest BCUT2D eigenvalue weighted by Gasteiger charge is 2.17. The molecule has 1 amide bonds. The van der Waals surface area contributed by atoms with Gasteiger partial charge in [-0.2, -0.15) is 0 Å². The van der Waals surface area contributed by atoms with E-state index in [1.54, 1.807) is 42.5 Å². The van der Waals surface area contributed by atoms with Gasteiger partial charge in [0.05, 0.1) is 10.6 Å². The summed E-state index contributed by atoms with van der Waals surface area (Å²) in [5.74, 6) is -1.02. The molecule has 0 radical (unpaired) electrons. The minimum Gasteiger partial charge on any atom is -0.321 e. The van der Waals surface area contributed by atoms with E-state index in [0.29, 0.717) is 16.8 Å². The fourth-order valence-corrected chi connectivity index (χ4v) is 4.07. The lowest BCUT2D eigenvalue weighted by molar-refractivity contribution is 0.102. The van der Waals surface area contributed by atoms with E-state index in [9.17, 15) is 17.6 Å². The Morgan fingerprint density at radius 2 is 1.67 bits per heavy atom. The van der Waals surface area contributed by atoms with Gasteiger partial charge >= 0.3 is 0 Å². The number of carbonyl (C=O) groups excluding carboxylic acids is 1. The van der Waals surface area contributed by atoms with Crippen molar-refractivity contribution < 1.29 is 17.6 Å². The van der Waals surface area contributed by atoms with Crippen molar-refractivity contribution in [3.05, 3.63) is 96.4 Å². The third-order valence-corrected chi connectivity index (χ3v) is 5.78. The smallest absolute Gasteiger partial charge is 0.261 e. The number of hydrogen-bond acceptors (Lipinski definition) is 4. The minimum absolute atomic E-state index is 0.0513. The molecule has 0 saturated heterocycles. The third-order valence-electron chi connectivity index (χ3n) is 4.40. The van der Waals surface area contributed by atoms with E-state index in [-0.39, 0.29) is 16.0 Å². The number of rotatable bonds is 5. The van der Waals surface area contributed by atoms with E-state index in [1.165, 1.54) is 42.6 Å². The summed E-state index contributed by atoms with van der Waals surface area (Å²) in [5.41, 5.74) is 1.07. The highest BCUT2D eigenvalue weighted by molar-refractivity contribution is 7.92. The molecular formula is C22H16FN3O3S. The molecule has 0 spiro atoms. The van der Waals surface area contributed by atoms with Crippen molar-refractivity contribution in [3.63, 3.8) is 0 Å². The van der Waals surface area contributed by atoms with E-state index in [1.807, 2.05) is 0 Å². The molecule has 1 heterocycles. The van der Waals surface area contributed by atoms with Crippen LogP contribution in [0.5, 0.6) is 0 Å². The molecule has 0 aliphatic carbocycles. The molecule has 0 atom stereocenters. The van der Waals surface area contributed by atoms with Crippen LogP contribution in [0, 0.1) is 5.82 Å². The fourth-order valence-electron chi connectivity index (χ4n) is 2.97. The number of anilines is 2. The van der Waals surface area contributed by atoms with Crippen molar-refractivity contribution in [3.8, 4) is 0 Å². The Kier molecular flexibility index (Phi) is 5.16. The zero-order chi connectivity index (χ0) is 21.1. The molecule has 0 aliphatic rings. The maximum Gasteiger partial charge on any atom is 0.261 e. The molecule has 0 saturated carbocycles.